The Morgan fingerprint density at radius 1 is 1.13 bits per heavy atom. The number of hydrogen-bond donors (Lipinski definition) is 0. The second kappa shape index (κ2) is 9.49. The quantitative estimate of drug-likeness (QED) is 0.277. The molecule has 0 spiro atoms. The minimum Gasteiger partial charge on any atom is -0.459 e. The van der Waals surface area contributed by atoms with Crippen molar-refractivity contribution in [2.75, 3.05) is 0 Å². The van der Waals surface area contributed by atoms with Gasteiger partial charge in [0.25, 0.3) is 0 Å². The Labute approximate surface area is 141 Å². The Morgan fingerprint density at radius 3 is 1.96 bits per heavy atom. The van der Waals surface area contributed by atoms with Gasteiger partial charge in [-0.15, -0.1) is 0 Å². The van der Waals surface area contributed by atoms with E-state index in [1.165, 1.54) is 13.8 Å². The van der Waals surface area contributed by atoms with Gasteiger partial charge >= 0.3 is 17.9 Å². The third-order valence-corrected chi connectivity index (χ3v) is 3.39. The highest BCUT2D eigenvalue weighted by Gasteiger charge is 2.36. The summed E-state index contributed by atoms with van der Waals surface area (Å²) in [5, 5.41) is 0. The lowest BCUT2D eigenvalue weighted by molar-refractivity contribution is -0.204. The van der Waals surface area contributed by atoms with Crippen molar-refractivity contribution in [3.8, 4) is 0 Å². The number of carbonyl (C=O) groups excluding carboxylic acids is 3. The molecule has 129 valence electrons. The van der Waals surface area contributed by atoms with Crippen LogP contribution in [0.1, 0.15) is 47.5 Å². The molecule has 7 heteroatoms. The van der Waals surface area contributed by atoms with E-state index in [9.17, 15) is 14.4 Å². The fourth-order valence-electron chi connectivity index (χ4n) is 2.18. The molecule has 0 aromatic rings. The zero-order valence-electron chi connectivity index (χ0n) is 14.4. The Morgan fingerprint density at radius 2 is 1.61 bits per heavy atom. The third kappa shape index (κ3) is 9.17. The molecule has 0 aromatic carbocycles. The smallest absolute Gasteiger partial charge is 0.330 e. The lowest BCUT2D eigenvalue weighted by Crippen LogP contribution is -2.43. The van der Waals surface area contributed by atoms with E-state index in [1.54, 1.807) is 0 Å². The highest BCUT2D eigenvalue weighted by molar-refractivity contribution is 6.14. The van der Waals surface area contributed by atoms with Gasteiger partial charge in [-0.05, 0) is 12.3 Å². The Kier molecular flexibility index (Phi) is 8.82. The number of ether oxygens (including phenoxy) is 3. The fourth-order valence-corrected chi connectivity index (χ4v) is 2.79. The normalized spacial score (nSPS) is 13.9. The van der Waals surface area contributed by atoms with Gasteiger partial charge in [-0.1, -0.05) is 27.4 Å². The second-order valence-corrected chi connectivity index (χ2v) is 6.69. The highest BCUT2D eigenvalue weighted by Crippen LogP contribution is 2.27. The molecule has 0 saturated carbocycles. The molecular weight excluding hydrogens is 316 g/mol. The van der Waals surface area contributed by atoms with Crippen LogP contribution in [0.2, 0.25) is 0 Å². The van der Waals surface area contributed by atoms with Crippen LogP contribution >= 0.6 is 0 Å². The van der Waals surface area contributed by atoms with E-state index in [-0.39, 0.29) is 18.3 Å². The van der Waals surface area contributed by atoms with Crippen LogP contribution in [-0.2, 0) is 28.6 Å². The summed E-state index contributed by atoms with van der Waals surface area (Å²) in [7, 11) is 3.22. The number of rotatable bonds is 9. The standard InChI is InChI=1S/C16H25O6Si/c1-7-15(19)20-14(8-10(2)3)11(4)9-16(23,21-12(5)17)22-13(6)18/h7,10-11,14H,1,8-9H2,2-6H3. The van der Waals surface area contributed by atoms with Gasteiger partial charge in [0.05, 0.1) is 0 Å². The van der Waals surface area contributed by atoms with Crippen molar-refractivity contribution in [2.24, 2.45) is 11.8 Å². The Hall–Kier alpha value is -1.63. The largest absolute Gasteiger partial charge is 0.459 e. The van der Waals surface area contributed by atoms with Gasteiger partial charge in [-0.2, -0.15) is 0 Å². The molecular formula is C16H25O6Si. The Bertz CT molecular complexity index is 430. The van der Waals surface area contributed by atoms with Crippen molar-refractivity contribution < 1.29 is 28.6 Å². The molecule has 0 aliphatic carbocycles. The molecule has 0 aromatic heterocycles. The van der Waals surface area contributed by atoms with Crippen molar-refractivity contribution in [2.45, 2.75) is 59.0 Å². The number of hydrogen-bond acceptors (Lipinski definition) is 6. The average molecular weight is 341 g/mol. The summed E-state index contributed by atoms with van der Waals surface area (Å²) in [5.41, 5.74) is -1.59. The first-order valence-corrected chi connectivity index (χ1v) is 7.96. The van der Waals surface area contributed by atoms with E-state index in [0.29, 0.717) is 6.42 Å². The first kappa shape index (κ1) is 21.4. The summed E-state index contributed by atoms with van der Waals surface area (Å²) in [6.45, 7) is 11.6. The maximum absolute atomic E-state index is 11.5. The summed E-state index contributed by atoms with van der Waals surface area (Å²) < 4.78 is 15.5. The van der Waals surface area contributed by atoms with Crippen LogP contribution in [-0.4, -0.2) is 39.7 Å². The number of esters is 3. The Balaban J connectivity index is 5.16. The van der Waals surface area contributed by atoms with Crippen LogP contribution in [0.15, 0.2) is 12.7 Å². The molecule has 0 N–H and O–H groups in total. The van der Waals surface area contributed by atoms with Gasteiger partial charge in [0.15, 0.2) is 10.2 Å². The second-order valence-electron chi connectivity index (χ2n) is 5.93. The van der Waals surface area contributed by atoms with Crippen molar-refractivity contribution in [3.63, 3.8) is 0 Å². The molecule has 6 nitrogen and oxygen atoms in total. The van der Waals surface area contributed by atoms with Gasteiger partial charge in [-0.25, -0.2) is 4.79 Å². The minimum absolute atomic E-state index is 0.130. The molecule has 0 rings (SSSR count). The van der Waals surface area contributed by atoms with E-state index in [0.717, 1.165) is 6.08 Å². The van der Waals surface area contributed by atoms with E-state index in [4.69, 9.17) is 14.2 Å². The topological polar surface area (TPSA) is 78.9 Å². The zero-order valence-corrected chi connectivity index (χ0v) is 15.4. The summed E-state index contributed by atoms with van der Waals surface area (Å²) >= 11 is 0. The van der Waals surface area contributed by atoms with E-state index >= 15 is 0 Å². The van der Waals surface area contributed by atoms with E-state index < -0.39 is 29.4 Å². The van der Waals surface area contributed by atoms with Crippen LogP contribution < -0.4 is 0 Å². The lowest BCUT2D eigenvalue weighted by atomic mass is 9.92. The van der Waals surface area contributed by atoms with Gasteiger partial charge < -0.3 is 14.2 Å². The van der Waals surface area contributed by atoms with Crippen LogP contribution in [0.25, 0.3) is 0 Å². The van der Waals surface area contributed by atoms with Crippen LogP contribution in [0, 0.1) is 11.8 Å². The van der Waals surface area contributed by atoms with Crippen molar-refractivity contribution in [1.82, 2.24) is 0 Å². The fraction of sp³-hybridized carbons (Fsp3) is 0.688. The molecule has 0 aliphatic rings. The summed E-state index contributed by atoms with van der Waals surface area (Å²) in [4.78, 5) is 34.0. The van der Waals surface area contributed by atoms with Crippen molar-refractivity contribution in [3.05, 3.63) is 12.7 Å². The molecule has 3 radical (unpaired) electrons. The molecule has 0 heterocycles. The highest BCUT2D eigenvalue weighted by atomic mass is 28.1. The summed E-state index contributed by atoms with van der Waals surface area (Å²) in [5.74, 6) is -1.68. The van der Waals surface area contributed by atoms with Crippen molar-refractivity contribution >= 4 is 28.2 Å². The predicted molar refractivity (Wildman–Crippen MR) is 85.3 cm³/mol. The van der Waals surface area contributed by atoms with Gasteiger partial charge in [0, 0.05) is 32.3 Å². The predicted octanol–water partition coefficient (Wildman–Crippen LogP) is 2.10. The molecule has 0 fully saturated rings. The van der Waals surface area contributed by atoms with Crippen LogP contribution in [0.5, 0.6) is 0 Å². The van der Waals surface area contributed by atoms with E-state index in [2.05, 4.69) is 16.8 Å². The maximum atomic E-state index is 11.5. The molecule has 2 unspecified atom stereocenters. The monoisotopic (exact) mass is 341 g/mol. The lowest BCUT2D eigenvalue weighted by Gasteiger charge is -2.34. The van der Waals surface area contributed by atoms with Gasteiger partial charge in [-0.3, -0.25) is 9.59 Å². The van der Waals surface area contributed by atoms with Gasteiger partial charge in [0.2, 0.25) is 5.41 Å². The third-order valence-electron chi connectivity index (χ3n) is 2.98. The maximum Gasteiger partial charge on any atom is 0.330 e. The molecule has 23 heavy (non-hydrogen) atoms. The minimum atomic E-state index is -1.59. The first-order chi connectivity index (χ1) is 10.5. The molecule has 0 saturated heterocycles. The van der Waals surface area contributed by atoms with Crippen LogP contribution in [0.4, 0.5) is 0 Å². The van der Waals surface area contributed by atoms with E-state index in [1.807, 2.05) is 20.8 Å². The summed E-state index contributed by atoms with van der Waals surface area (Å²) in [6.07, 6.45) is 1.41. The molecule has 0 aliphatic heterocycles. The van der Waals surface area contributed by atoms with Crippen molar-refractivity contribution in [1.29, 1.82) is 0 Å². The zero-order chi connectivity index (χ0) is 18.2. The molecule has 0 amide bonds. The number of carbonyl (C=O) groups is 3. The molecule has 0 bridgehead atoms. The molecule has 2 atom stereocenters. The average Bonchev–Trinajstić information content (AvgIpc) is 2.34. The summed E-state index contributed by atoms with van der Waals surface area (Å²) in [6, 6.07) is 0. The van der Waals surface area contributed by atoms with Crippen LogP contribution in [0.3, 0.4) is 0 Å². The first-order valence-electron chi connectivity index (χ1n) is 7.46. The SMILES string of the molecule is C=CC(=O)OC(CC(C)C)C(C)CC([Si])(OC(C)=O)OC(C)=O. The van der Waals surface area contributed by atoms with Gasteiger partial charge in [0.1, 0.15) is 6.10 Å².